The first-order valence-corrected chi connectivity index (χ1v) is 5.00. The molecule has 0 bridgehead atoms. The van der Waals surface area contributed by atoms with Gasteiger partial charge in [-0.1, -0.05) is 11.6 Å². The minimum Gasteiger partial charge on any atom is -0.297 e. The summed E-state index contributed by atoms with van der Waals surface area (Å²) in [5.41, 5.74) is 0. The van der Waals surface area contributed by atoms with Crippen LogP contribution in [0.3, 0.4) is 0 Å². The van der Waals surface area contributed by atoms with E-state index < -0.39 is 0 Å². The van der Waals surface area contributed by atoms with Gasteiger partial charge in [0.25, 0.3) is 0 Å². The monoisotopic (exact) mass is 202 g/mol. The first kappa shape index (κ1) is 7.28. The topological polar surface area (TPSA) is 17.1 Å². The Bertz CT molecular complexity index is 401. The maximum atomic E-state index is 10.4. The summed E-state index contributed by atoms with van der Waals surface area (Å²) in [5, 5.41) is 2.64. The average Bonchev–Trinajstić information content (AvgIpc) is 2.53. The van der Waals surface area contributed by atoms with Crippen LogP contribution in [0, 0.1) is 0 Å². The van der Waals surface area contributed by atoms with Gasteiger partial charge in [-0.05, 0) is 6.07 Å². The third-order valence-electron chi connectivity index (χ3n) is 1.34. The second kappa shape index (κ2) is 2.59. The zero-order valence-corrected chi connectivity index (χ0v) is 7.72. The fraction of sp³-hybridized carbons (Fsp3) is 0. The minimum absolute atomic E-state index is 0.744. The number of carbonyl (C=O) groups excluding carboxylic acids is 1. The highest BCUT2D eigenvalue weighted by molar-refractivity contribution is 7.28. The van der Waals surface area contributed by atoms with Crippen LogP contribution in [0.1, 0.15) is 9.67 Å². The normalized spacial score (nSPS) is 10.6. The van der Waals surface area contributed by atoms with Crippen LogP contribution >= 0.6 is 34.3 Å². The van der Waals surface area contributed by atoms with Gasteiger partial charge in [0.2, 0.25) is 0 Å². The molecule has 0 aliphatic heterocycles. The molecule has 2 heterocycles. The Morgan fingerprint density at radius 2 is 2.36 bits per heavy atom. The number of halogens is 1. The molecule has 0 atom stereocenters. The van der Waals surface area contributed by atoms with E-state index in [0.717, 1.165) is 25.6 Å². The van der Waals surface area contributed by atoms with Gasteiger partial charge in [-0.25, -0.2) is 0 Å². The Hall–Kier alpha value is -0.380. The molecule has 0 unspecified atom stereocenters. The second-order valence-electron chi connectivity index (χ2n) is 2.04. The molecule has 2 aromatic rings. The van der Waals surface area contributed by atoms with Crippen molar-refractivity contribution in [2.45, 2.75) is 0 Å². The van der Waals surface area contributed by atoms with E-state index in [4.69, 9.17) is 11.6 Å². The average molecular weight is 203 g/mol. The molecule has 0 aliphatic rings. The van der Waals surface area contributed by atoms with Crippen molar-refractivity contribution in [3.63, 3.8) is 0 Å². The van der Waals surface area contributed by atoms with Crippen LogP contribution in [0.5, 0.6) is 0 Å². The number of fused-ring (bicyclic) bond motifs is 1. The van der Waals surface area contributed by atoms with E-state index in [1.807, 2.05) is 11.4 Å². The van der Waals surface area contributed by atoms with Gasteiger partial charge in [0.1, 0.15) is 0 Å². The van der Waals surface area contributed by atoms with E-state index in [0.29, 0.717) is 0 Å². The lowest BCUT2D eigenvalue weighted by Gasteiger charge is -1.75. The lowest BCUT2D eigenvalue weighted by atomic mass is 10.5. The first-order chi connectivity index (χ1) is 5.31. The van der Waals surface area contributed by atoms with Crippen LogP contribution in [-0.2, 0) is 0 Å². The molecule has 56 valence electrons. The Kier molecular flexibility index (Phi) is 1.71. The fourth-order valence-corrected chi connectivity index (χ4v) is 3.24. The molecule has 0 aliphatic carbocycles. The van der Waals surface area contributed by atoms with Crippen LogP contribution in [0.25, 0.3) is 9.40 Å². The fourth-order valence-electron chi connectivity index (χ4n) is 0.873. The summed E-state index contributed by atoms with van der Waals surface area (Å²) < 4.78 is 2.13. The summed E-state index contributed by atoms with van der Waals surface area (Å²) >= 11 is 8.86. The van der Waals surface area contributed by atoms with Crippen molar-refractivity contribution >= 4 is 50.0 Å². The maximum absolute atomic E-state index is 10.4. The summed E-state index contributed by atoms with van der Waals surface area (Å²) in [6, 6.07) is 1.86. The van der Waals surface area contributed by atoms with Crippen molar-refractivity contribution in [2.24, 2.45) is 0 Å². The highest BCUT2D eigenvalue weighted by Gasteiger charge is 2.05. The third-order valence-corrected chi connectivity index (χ3v) is 4.03. The number of aldehydes is 1. The molecule has 0 saturated heterocycles. The molecule has 11 heavy (non-hydrogen) atoms. The van der Waals surface area contributed by atoms with Crippen molar-refractivity contribution in [1.82, 2.24) is 0 Å². The number of carbonyl (C=O) groups is 1. The van der Waals surface area contributed by atoms with Gasteiger partial charge in [-0.2, -0.15) is 0 Å². The van der Waals surface area contributed by atoms with E-state index >= 15 is 0 Å². The van der Waals surface area contributed by atoms with Crippen molar-refractivity contribution in [3.8, 4) is 0 Å². The number of rotatable bonds is 1. The van der Waals surface area contributed by atoms with Crippen LogP contribution in [0.15, 0.2) is 11.4 Å². The van der Waals surface area contributed by atoms with Crippen LogP contribution < -0.4 is 0 Å². The Morgan fingerprint density at radius 1 is 1.55 bits per heavy atom. The third kappa shape index (κ3) is 1.09. The quantitative estimate of drug-likeness (QED) is 0.648. The van der Waals surface area contributed by atoms with Crippen LogP contribution in [-0.4, -0.2) is 6.29 Å². The predicted molar refractivity (Wildman–Crippen MR) is 50.1 cm³/mol. The molecule has 1 nitrogen and oxygen atoms in total. The van der Waals surface area contributed by atoms with Crippen molar-refractivity contribution in [1.29, 1.82) is 0 Å². The molecule has 4 heteroatoms. The zero-order valence-electron chi connectivity index (χ0n) is 5.33. The summed E-state index contributed by atoms with van der Waals surface area (Å²) in [5.74, 6) is 0. The SMILES string of the molecule is O=Cc1cc2scc(Cl)c2s1. The summed E-state index contributed by atoms with van der Waals surface area (Å²) in [4.78, 5) is 11.1. The smallest absolute Gasteiger partial charge is 0.160 e. The molecule has 0 N–H and O–H groups in total. The number of thiophene rings is 2. The molecule has 0 saturated carbocycles. The summed E-state index contributed by atoms with van der Waals surface area (Å²) in [7, 11) is 0. The summed E-state index contributed by atoms with van der Waals surface area (Å²) in [6.07, 6.45) is 0.855. The summed E-state index contributed by atoms with van der Waals surface area (Å²) in [6.45, 7) is 0. The predicted octanol–water partition coefficient (Wildman–Crippen LogP) is 3.43. The second-order valence-corrected chi connectivity index (χ2v) is 4.45. The van der Waals surface area contributed by atoms with E-state index in [1.165, 1.54) is 11.3 Å². The van der Waals surface area contributed by atoms with Crippen molar-refractivity contribution < 1.29 is 4.79 Å². The molecule has 0 aromatic carbocycles. The molecule has 0 fully saturated rings. The zero-order chi connectivity index (χ0) is 7.84. The van der Waals surface area contributed by atoms with E-state index in [2.05, 4.69) is 0 Å². The van der Waals surface area contributed by atoms with Gasteiger partial charge in [0.05, 0.1) is 14.6 Å². The van der Waals surface area contributed by atoms with Gasteiger partial charge < -0.3 is 0 Å². The maximum Gasteiger partial charge on any atom is 0.160 e. The molecule has 2 rings (SSSR count). The van der Waals surface area contributed by atoms with Gasteiger partial charge >= 0.3 is 0 Å². The standard InChI is InChI=1S/C7H3ClOS2/c8-5-3-10-6-1-4(2-9)11-7(5)6/h1-3H. The van der Waals surface area contributed by atoms with Gasteiger partial charge in [0, 0.05) is 10.1 Å². The number of hydrogen-bond donors (Lipinski definition) is 0. The molecule has 0 radical (unpaired) electrons. The van der Waals surface area contributed by atoms with Crippen molar-refractivity contribution in [3.05, 3.63) is 21.3 Å². The van der Waals surface area contributed by atoms with E-state index in [1.54, 1.807) is 11.3 Å². The van der Waals surface area contributed by atoms with Crippen molar-refractivity contribution in [2.75, 3.05) is 0 Å². The lowest BCUT2D eigenvalue weighted by Crippen LogP contribution is -1.62. The molecule has 0 amide bonds. The van der Waals surface area contributed by atoms with E-state index in [9.17, 15) is 4.79 Å². The highest BCUT2D eigenvalue weighted by Crippen LogP contribution is 2.35. The van der Waals surface area contributed by atoms with Gasteiger partial charge in [-0.15, -0.1) is 22.7 Å². The molecular weight excluding hydrogens is 200 g/mol. The lowest BCUT2D eigenvalue weighted by molar-refractivity contribution is 0.112. The largest absolute Gasteiger partial charge is 0.297 e. The molecule has 0 spiro atoms. The Balaban J connectivity index is 2.79. The molecule has 2 aromatic heterocycles. The van der Waals surface area contributed by atoms with Crippen LogP contribution in [0.2, 0.25) is 5.02 Å². The number of hydrogen-bond acceptors (Lipinski definition) is 3. The van der Waals surface area contributed by atoms with E-state index in [-0.39, 0.29) is 0 Å². The minimum atomic E-state index is 0.744. The molecular formula is C7H3ClOS2. The first-order valence-electron chi connectivity index (χ1n) is 2.93. The highest BCUT2D eigenvalue weighted by atomic mass is 35.5. The van der Waals surface area contributed by atoms with Gasteiger partial charge in [0.15, 0.2) is 6.29 Å². The van der Waals surface area contributed by atoms with Crippen LogP contribution in [0.4, 0.5) is 0 Å². The Morgan fingerprint density at radius 3 is 3.00 bits per heavy atom. The van der Waals surface area contributed by atoms with Gasteiger partial charge in [-0.3, -0.25) is 4.79 Å². The Labute approximate surface area is 76.2 Å².